The highest BCUT2D eigenvalue weighted by Crippen LogP contribution is 2.37. The summed E-state index contributed by atoms with van der Waals surface area (Å²) < 4.78 is 5.13. The number of anilines is 1. The predicted molar refractivity (Wildman–Crippen MR) is 109 cm³/mol. The SMILES string of the molecule is CC=CCOC(=O)C1=CCS[C@@H]2C(NC(=O)C(=NOC)c3csc(N)n3)C(=O)N12. The molecule has 0 aliphatic carbocycles. The standard InChI is InChI=1S/C17H19N5O5S2/c1-3-4-6-27-16(25)10-5-7-28-15-12(14(24)22(10)15)20-13(23)11(21-26-2)9-8-29-17(18)19-9/h3-5,8,12,15H,6-7H2,1-2H3,(H2,18,19)(H,20,23)/t12?,15-/m1/s1. The monoisotopic (exact) mass is 437 g/mol. The fraction of sp³-hybridized carbons (Fsp3) is 0.353. The van der Waals surface area contributed by atoms with Crippen LogP contribution in [0.3, 0.4) is 0 Å². The topological polar surface area (TPSA) is 136 Å². The number of carbonyl (C=O) groups is 3. The number of fused-ring (bicyclic) bond motifs is 1. The Morgan fingerprint density at radius 3 is 2.97 bits per heavy atom. The molecule has 154 valence electrons. The van der Waals surface area contributed by atoms with Crippen molar-refractivity contribution >= 4 is 51.7 Å². The fourth-order valence-electron chi connectivity index (χ4n) is 2.73. The van der Waals surface area contributed by atoms with E-state index in [1.165, 1.54) is 23.8 Å². The molecule has 10 nitrogen and oxygen atoms in total. The number of β-lactam (4-membered cyclic amide) rings is 1. The maximum Gasteiger partial charge on any atom is 0.355 e. The molecule has 1 aromatic rings. The Morgan fingerprint density at radius 1 is 1.52 bits per heavy atom. The maximum atomic E-state index is 12.7. The van der Waals surface area contributed by atoms with Gasteiger partial charge in [-0.15, -0.1) is 23.1 Å². The van der Waals surface area contributed by atoms with Gasteiger partial charge in [0.05, 0.1) is 0 Å². The molecule has 3 rings (SSSR count). The van der Waals surface area contributed by atoms with Crippen molar-refractivity contribution in [1.82, 2.24) is 15.2 Å². The predicted octanol–water partition coefficient (Wildman–Crippen LogP) is 0.479. The number of nitrogens with zero attached hydrogens (tertiary/aromatic N) is 3. The summed E-state index contributed by atoms with van der Waals surface area (Å²) in [6, 6.07) is -0.808. The van der Waals surface area contributed by atoms with Crippen molar-refractivity contribution in [3.8, 4) is 0 Å². The maximum absolute atomic E-state index is 12.7. The third kappa shape index (κ3) is 4.27. The van der Waals surface area contributed by atoms with Gasteiger partial charge in [-0.25, -0.2) is 9.78 Å². The summed E-state index contributed by atoms with van der Waals surface area (Å²) in [4.78, 5) is 47.6. The molecule has 29 heavy (non-hydrogen) atoms. The van der Waals surface area contributed by atoms with E-state index in [1.807, 2.05) is 6.92 Å². The van der Waals surface area contributed by atoms with Crippen LogP contribution in [0.15, 0.2) is 34.5 Å². The summed E-state index contributed by atoms with van der Waals surface area (Å²) in [5.41, 5.74) is 5.96. The largest absolute Gasteiger partial charge is 0.457 e. The minimum Gasteiger partial charge on any atom is -0.457 e. The quantitative estimate of drug-likeness (QED) is 0.207. The van der Waals surface area contributed by atoms with Crippen molar-refractivity contribution in [2.45, 2.75) is 18.3 Å². The molecule has 3 heterocycles. The van der Waals surface area contributed by atoms with Gasteiger partial charge in [-0.1, -0.05) is 17.3 Å². The van der Waals surface area contributed by atoms with Crippen molar-refractivity contribution < 1.29 is 24.0 Å². The second-order valence-corrected chi connectivity index (χ2v) is 7.87. The summed E-state index contributed by atoms with van der Waals surface area (Å²) in [7, 11) is 1.30. The molecule has 1 aromatic heterocycles. The fourth-order valence-corrected chi connectivity index (χ4v) is 4.47. The van der Waals surface area contributed by atoms with Crippen LogP contribution in [-0.4, -0.2) is 64.3 Å². The summed E-state index contributed by atoms with van der Waals surface area (Å²) in [6.07, 6.45) is 5.10. The number of nitrogens with one attached hydrogen (secondary N) is 1. The number of thioether (sulfide) groups is 1. The number of thiazole rings is 1. The van der Waals surface area contributed by atoms with Gasteiger partial charge in [0.1, 0.15) is 36.5 Å². The summed E-state index contributed by atoms with van der Waals surface area (Å²) in [6.45, 7) is 1.94. The van der Waals surface area contributed by atoms with E-state index < -0.39 is 29.2 Å². The van der Waals surface area contributed by atoms with Crippen LogP contribution in [0.4, 0.5) is 5.13 Å². The molecule has 0 saturated carbocycles. The lowest BCUT2D eigenvalue weighted by molar-refractivity contribution is -0.151. The van der Waals surface area contributed by atoms with Crippen molar-refractivity contribution in [2.75, 3.05) is 25.2 Å². The van der Waals surface area contributed by atoms with Crippen LogP contribution in [-0.2, 0) is 24.0 Å². The van der Waals surface area contributed by atoms with Crippen molar-refractivity contribution in [1.29, 1.82) is 0 Å². The number of ether oxygens (including phenoxy) is 1. The van der Waals surface area contributed by atoms with Gasteiger partial charge in [0.15, 0.2) is 10.8 Å². The molecule has 2 atom stereocenters. The number of esters is 1. The van der Waals surface area contributed by atoms with E-state index in [0.717, 1.165) is 11.3 Å². The van der Waals surface area contributed by atoms with E-state index in [4.69, 9.17) is 15.3 Å². The van der Waals surface area contributed by atoms with E-state index in [2.05, 4.69) is 15.5 Å². The second kappa shape index (κ2) is 9.09. The van der Waals surface area contributed by atoms with Gasteiger partial charge < -0.3 is 20.6 Å². The molecule has 0 radical (unpaired) electrons. The molecule has 2 aliphatic rings. The number of oxime groups is 1. The first-order valence-electron chi connectivity index (χ1n) is 8.54. The zero-order chi connectivity index (χ0) is 21.0. The Labute approximate surface area is 174 Å². The number of amides is 2. The Morgan fingerprint density at radius 2 is 2.31 bits per heavy atom. The molecule has 12 heteroatoms. The minimum absolute atomic E-state index is 0.0889. The van der Waals surface area contributed by atoms with Gasteiger partial charge in [0.2, 0.25) is 0 Å². The van der Waals surface area contributed by atoms with E-state index in [-0.39, 0.29) is 28.8 Å². The zero-order valence-electron chi connectivity index (χ0n) is 15.7. The summed E-state index contributed by atoms with van der Waals surface area (Å²) in [5.74, 6) is -1.09. The third-order valence-electron chi connectivity index (χ3n) is 4.05. The van der Waals surface area contributed by atoms with Gasteiger partial charge in [0, 0.05) is 11.1 Å². The number of hydrogen-bond acceptors (Lipinski definition) is 10. The number of aromatic nitrogens is 1. The molecule has 1 fully saturated rings. The lowest BCUT2D eigenvalue weighted by atomic mass is 10.0. The average molecular weight is 438 g/mol. The molecule has 0 spiro atoms. The molecule has 2 aliphatic heterocycles. The first-order valence-corrected chi connectivity index (χ1v) is 10.5. The second-order valence-electron chi connectivity index (χ2n) is 5.83. The number of hydrogen-bond donors (Lipinski definition) is 2. The molecule has 0 aromatic carbocycles. The Bertz CT molecular complexity index is 910. The van der Waals surface area contributed by atoms with Gasteiger partial charge >= 0.3 is 5.97 Å². The molecule has 1 saturated heterocycles. The Kier molecular flexibility index (Phi) is 6.54. The van der Waals surface area contributed by atoms with Crippen LogP contribution in [0.2, 0.25) is 0 Å². The third-order valence-corrected chi connectivity index (χ3v) is 5.91. The lowest BCUT2D eigenvalue weighted by Gasteiger charge is -2.48. The van der Waals surface area contributed by atoms with E-state index in [1.54, 1.807) is 23.6 Å². The molecule has 2 amide bonds. The molecule has 0 bridgehead atoms. The van der Waals surface area contributed by atoms with Gasteiger partial charge in [-0.3, -0.25) is 14.5 Å². The van der Waals surface area contributed by atoms with Gasteiger partial charge in [-0.05, 0) is 13.0 Å². The number of nitrogens with two attached hydrogens (primary N) is 1. The van der Waals surface area contributed by atoms with E-state index >= 15 is 0 Å². The first-order chi connectivity index (χ1) is 14.0. The Balaban J connectivity index is 1.69. The smallest absolute Gasteiger partial charge is 0.355 e. The van der Waals surface area contributed by atoms with Gasteiger partial charge in [0.25, 0.3) is 11.8 Å². The van der Waals surface area contributed by atoms with E-state index in [9.17, 15) is 14.4 Å². The van der Waals surface area contributed by atoms with Crippen molar-refractivity contribution in [2.24, 2.45) is 5.16 Å². The molecule has 3 N–H and O–H groups in total. The van der Waals surface area contributed by atoms with Crippen LogP contribution < -0.4 is 11.1 Å². The summed E-state index contributed by atoms with van der Waals surface area (Å²) in [5, 5.41) is 7.77. The normalized spacial score (nSPS) is 21.3. The van der Waals surface area contributed by atoms with Gasteiger partial charge in [-0.2, -0.15) is 0 Å². The molecule has 1 unspecified atom stereocenters. The highest BCUT2D eigenvalue weighted by molar-refractivity contribution is 8.00. The van der Waals surface area contributed by atoms with Crippen LogP contribution >= 0.6 is 23.1 Å². The number of carbonyl (C=O) groups excluding carboxylic acids is 3. The van der Waals surface area contributed by atoms with Crippen LogP contribution in [0.5, 0.6) is 0 Å². The van der Waals surface area contributed by atoms with Crippen molar-refractivity contribution in [3.63, 3.8) is 0 Å². The first kappa shape index (κ1) is 20.9. The Hall–Kier alpha value is -2.86. The average Bonchev–Trinajstić information content (AvgIpc) is 3.15. The van der Waals surface area contributed by atoms with Crippen LogP contribution in [0.25, 0.3) is 0 Å². The van der Waals surface area contributed by atoms with Crippen LogP contribution in [0, 0.1) is 0 Å². The molecular weight excluding hydrogens is 418 g/mol. The number of rotatable bonds is 7. The zero-order valence-corrected chi connectivity index (χ0v) is 17.3. The van der Waals surface area contributed by atoms with Crippen LogP contribution in [0.1, 0.15) is 12.6 Å². The highest BCUT2D eigenvalue weighted by Gasteiger charge is 2.53. The van der Waals surface area contributed by atoms with Crippen molar-refractivity contribution in [3.05, 3.63) is 35.0 Å². The number of allylic oxidation sites excluding steroid dienone is 1. The highest BCUT2D eigenvalue weighted by atomic mass is 32.2. The minimum atomic E-state index is -0.808. The molecular formula is C17H19N5O5S2. The summed E-state index contributed by atoms with van der Waals surface area (Å²) >= 11 is 2.58. The van der Waals surface area contributed by atoms with E-state index in [0.29, 0.717) is 5.75 Å². The lowest BCUT2D eigenvalue weighted by Crippen LogP contribution is -2.70. The number of nitrogen functional groups attached to an aromatic ring is 1.